The standard InChI is InChI=1S/C13H7F3N2O2S/c14-13(15,16)7-3-4-8-9(6-7)17-12(20)18(11(8)19)10-2-1-5-21-10/h1-6H,(H,17,20). The lowest BCUT2D eigenvalue weighted by atomic mass is 10.1. The number of thiophene rings is 1. The first-order valence-electron chi connectivity index (χ1n) is 5.78. The summed E-state index contributed by atoms with van der Waals surface area (Å²) in [6.45, 7) is 0. The number of hydrogen-bond acceptors (Lipinski definition) is 3. The van der Waals surface area contributed by atoms with Gasteiger partial charge in [0.2, 0.25) is 0 Å². The molecule has 2 aromatic heterocycles. The largest absolute Gasteiger partial charge is 0.416 e. The monoisotopic (exact) mass is 312 g/mol. The van der Waals surface area contributed by atoms with Crippen molar-refractivity contribution >= 4 is 22.2 Å². The Balaban J connectivity index is 2.33. The molecular weight excluding hydrogens is 305 g/mol. The SMILES string of the molecule is O=c1[nH]c2cc(C(F)(F)F)ccc2c(=O)n1-c1cccs1. The van der Waals surface area contributed by atoms with Gasteiger partial charge >= 0.3 is 11.9 Å². The highest BCUT2D eigenvalue weighted by atomic mass is 32.1. The van der Waals surface area contributed by atoms with E-state index in [-0.39, 0.29) is 10.9 Å². The lowest BCUT2D eigenvalue weighted by molar-refractivity contribution is -0.137. The van der Waals surface area contributed by atoms with Crippen LogP contribution in [0.25, 0.3) is 15.9 Å². The number of nitrogens with one attached hydrogen (secondary N) is 1. The third-order valence-electron chi connectivity index (χ3n) is 2.95. The third kappa shape index (κ3) is 2.27. The van der Waals surface area contributed by atoms with Gasteiger partial charge in [0.15, 0.2) is 0 Å². The molecule has 21 heavy (non-hydrogen) atoms. The van der Waals surface area contributed by atoms with Gasteiger partial charge in [-0.15, -0.1) is 11.3 Å². The van der Waals surface area contributed by atoms with Crippen molar-refractivity contribution in [3.63, 3.8) is 0 Å². The van der Waals surface area contributed by atoms with Gasteiger partial charge in [0.05, 0.1) is 16.5 Å². The zero-order valence-electron chi connectivity index (χ0n) is 10.3. The highest BCUT2D eigenvalue weighted by molar-refractivity contribution is 7.12. The summed E-state index contributed by atoms with van der Waals surface area (Å²) in [6, 6.07) is 5.90. The maximum Gasteiger partial charge on any atom is 0.416 e. The van der Waals surface area contributed by atoms with Crippen molar-refractivity contribution in [3.8, 4) is 5.00 Å². The summed E-state index contributed by atoms with van der Waals surface area (Å²) in [6.07, 6.45) is -4.53. The van der Waals surface area contributed by atoms with Crippen LogP contribution in [-0.4, -0.2) is 9.55 Å². The molecule has 4 nitrogen and oxygen atoms in total. The molecule has 0 amide bonds. The van der Waals surface area contributed by atoms with Crippen molar-refractivity contribution in [3.05, 3.63) is 62.1 Å². The van der Waals surface area contributed by atoms with Crippen molar-refractivity contribution in [1.29, 1.82) is 0 Å². The molecule has 0 aliphatic carbocycles. The first kappa shape index (κ1) is 13.6. The highest BCUT2D eigenvalue weighted by Gasteiger charge is 2.30. The molecule has 0 saturated heterocycles. The van der Waals surface area contributed by atoms with E-state index < -0.39 is 23.0 Å². The van der Waals surface area contributed by atoms with Crippen LogP contribution in [0.2, 0.25) is 0 Å². The quantitative estimate of drug-likeness (QED) is 0.751. The van der Waals surface area contributed by atoms with E-state index in [4.69, 9.17) is 0 Å². The number of aromatic amines is 1. The van der Waals surface area contributed by atoms with Gasteiger partial charge in [-0.25, -0.2) is 9.36 Å². The number of fused-ring (bicyclic) bond motifs is 1. The Morgan fingerprint density at radius 1 is 1.14 bits per heavy atom. The maximum atomic E-state index is 12.6. The lowest BCUT2D eigenvalue weighted by Gasteiger charge is -2.08. The average molecular weight is 312 g/mol. The van der Waals surface area contributed by atoms with Crippen molar-refractivity contribution < 1.29 is 13.2 Å². The van der Waals surface area contributed by atoms with Crippen molar-refractivity contribution in [2.24, 2.45) is 0 Å². The molecule has 0 aliphatic rings. The Morgan fingerprint density at radius 2 is 1.90 bits per heavy atom. The number of alkyl halides is 3. The number of nitrogens with zero attached hydrogens (tertiary/aromatic N) is 1. The van der Waals surface area contributed by atoms with E-state index >= 15 is 0 Å². The smallest absolute Gasteiger partial charge is 0.306 e. The molecule has 3 rings (SSSR count). The summed E-state index contributed by atoms with van der Waals surface area (Å²) in [7, 11) is 0. The first-order chi connectivity index (χ1) is 9.88. The fourth-order valence-electron chi connectivity index (χ4n) is 1.99. The first-order valence-corrected chi connectivity index (χ1v) is 6.66. The number of benzene rings is 1. The molecule has 0 spiro atoms. The Kier molecular flexibility index (Phi) is 2.98. The Bertz CT molecular complexity index is 923. The third-order valence-corrected chi connectivity index (χ3v) is 3.80. The molecule has 8 heteroatoms. The van der Waals surface area contributed by atoms with Gasteiger partial charge in [-0.3, -0.25) is 4.79 Å². The topological polar surface area (TPSA) is 54.9 Å². The van der Waals surface area contributed by atoms with Crippen LogP contribution in [0.3, 0.4) is 0 Å². The molecule has 0 aliphatic heterocycles. The molecule has 0 bridgehead atoms. The fraction of sp³-hybridized carbons (Fsp3) is 0.0769. The minimum atomic E-state index is -4.53. The van der Waals surface area contributed by atoms with Gasteiger partial charge in [-0.1, -0.05) is 0 Å². The molecule has 108 valence electrons. The Morgan fingerprint density at radius 3 is 2.52 bits per heavy atom. The number of hydrogen-bond donors (Lipinski definition) is 1. The van der Waals surface area contributed by atoms with E-state index in [0.717, 1.165) is 22.8 Å². The Labute approximate surface area is 119 Å². The summed E-state index contributed by atoms with van der Waals surface area (Å²) in [5.41, 5.74) is -2.47. The zero-order valence-corrected chi connectivity index (χ0v) is 11.1. The molecule has 0 saturated carbocycles. The predicted molar refractivity (Wildman–Crippen MR) is 73.0 cm³/mol. The van der Waals surface area contributed by atoms with Gasteiger partial charge in [0, 0.05) is 0 Å². The second-order valence-electron chi connectivity index (χ2n) is 4.28. The van der Waals surface area contributed by atoms with Crippen LogP contribution in [-0.2, 0) is 6.18 Å². The maximum absolute atomic E-state index is 12.6. The van der Waals surface area contributed by atoms with Crippen LogP contribution in [0.1, 0.15) is 5.56 Å². The van der Waals surface area contributed by atoms with Gasteiger partial charge in [0.25, 0.3) is 5.56 Å². The van der Waals surface area contributed by atoms with Crippen LogP contribution in [0, 0.1) is 0 Å². The molecule has 0 unspecified atom stereocenters. The average Bonchev–Trinajstić information content (AvgIpc) is 2.90. The summed E-state index contributed by atoms with van der Waals surface area (Å²) in [5, 5.41) is 2.12. The molecule has 0 fully saturated rings. The number of aromatic nitrogens is 2. The van der Waals surface area contributed by atoms with Crippen molar-refractivity contribution in [2.75, 3.05) is 0 Å². The summed E-state index contributed by atoms with van der Waals surface area (Å²) < 4.78 is 38.8. The van der Waals surface area contributed by atoms with E-state index in [1.54, 1.807) is 17.5 Å². The summed E-state index contributed by atoms with van der Waals surface area (Å²) in [5.74, 6) is 0. The van der Waals surface area contributed by atoms with E-state index in [9.17, 15) is 22.8 Å². The molecule has 1 N–H and O–H groups in total. The molecule has 3 aromatic rings. The fourth-order valence-corrected chi connectivity index (χ4v) is 2.72. The number of rotatable bonds is 1. The van der Waals surface area contributed by atoms with Crippen LogP contribution >= 0.6 is 11.3 Å². The molecule has 2 heterocycles. The molecular formula is C13H7F3N2O2S. The van der Waals surface area contributed by atoms with Crippen LogP contribution in [0.4, 0.5) is 13.2 Å². The minimum absolute atomic E-state index is 0.0241. The van der Waals surface area contributed by atoms with E-state index in [1.807, 2.05) is 0 Å². The van der Waals surface area contributed by atoms with Gasteiger partial charge in [-0.2, -0.15) is 13.2 Å². The zero-order chi connectivity index (χ0) is 15.2. The van der Waals surface area contributed by atoms with Crippen LogP contribution in [0.15, 0.2) is 45.3 Å². The lowest BCUT2D eigenvalue weighted by Crippen LogP contribution is -2.33. The number of halogens is 3. The van der Waals surface area contributed by atoms with E-state index in [1.165, 1.54) is 11.3 Å². The minimum Gasteiger partial charge on any atom is -0.306 e. The van der Waals surface area contributed by atoms with Gasteiger partial charge in [0.1, 0.15) is 5.00 Å². The van der Waals surface area contributed by atoms with Gasteiger partial charge < -0.3 is 4.98 Å². The second-order valence-corrected chi connectivity index (χ2v) is 5.21. The number of H-pyrrole nitrogens is 1. The summed E-state index contributed by atoms with van der Waals surface area (Å²) >= 11 is 1.18. The molecule has 0 atom stereocenters. The molecule has 0 radical (unpaired) electrons. The van der Waals surface area contributed by atoms with Crippen LogP contribution in [0.5, 0.6) is 0 Å². The van der Waals surface area contributed by atoms with Crippen molar-refractivity contribution in [1.82, 2.24) is 9.55 Å². The Hall–Kier alpha value is -2.35. The highest BCUT2D eigenvalue weighted by Crippen LogP contribution is 2.30. The van der Waals surface area contributed by atoms with Crippen LogP contribution < -0.4 is 11.2 Å². The second kappa shape index (κ2) is 4.59. The van der Waals surface area contributed by atoms with E-state index in [0.29, 0.717) is 5.00 Å². The molecule has 1 aromatic carbocycles. The van der Waals surface area contributed by atoms with Crippen molar-refractivity contribution in [2.45, 2.75) is 6.18 Å². The predicted octanol–water partition coefficient (Wildman–Crippen LogP) is 2.76. The van der Waals surface area contributed by atoms with E-state index in [2.05, 4.69) is 4.98 Å². The summed E-state index contributed by atoms with van der Waals surface area (Å²) in [4.78, 5) is 26.5. The van der Waals surface area contributed by atoms with Gasteiger partial charge in [-0.05, 0) is 35.7 Å². The normalized spacial score (nSPS) is 12.0.